The lowest BCUT2D eigenvalue weighted by Gasteiger charge is -2.20. The number of aliphatic imine (C=N–C) groups is 1. The zero-order valence-electron chi connectivity index (χ0n) is 14.0. The first-order valence-electron chi connectivity index (χ1n) is 8.51. The second-order valence-corrected chi connectivity index (χ2v) is 6.51. The smallest absolute Gasteiger partial charge is 0.166 e. The summed E-state index contributed by atoms with van der Waals surface area (Å²) in [5.41, 5.74) is 2.81. The SMILES string of the molecule is C=C1NC(CC2CCCC2)=Nc2c1cnn2-c1ccc(OC)cc1. The molecule has 4 rings (SSSR count). The molecule has 0 bridgehead atoms. The van der Waals surface area contributed by atoms with Crippen molar-refractivity contribution < 1.29 is 4.74 Å². The number of methoxy groups -OCH3 is 1. The molecule has 0 radical (unpaired) electrons. The predicted octanol–water partition coefficient (Wildman–Crippen LogP) is 4.07. The average Bonchev–Trinajstić information content (AvgIpc) is 3.25. The van der Waals surface area contributed by atoms with Crippen molar-refractivity contribution in [2.45, 2.75) is 32.1 Å². The van der Waals surface area contributed by atoms with Crippen molar-refractivity contribution in [1.29, 1.82) is 0 Å². The van der Waals surface area contributed by atoms with Crippen molar-refractivity contribution in [3.63, 3.8) is 0 Å². The number of benzene rings is 1. The van der Waals surface area contributed by atoms with Gasteiger partial charge in [-0.3, -0.25) is 0 Å². The van der Waals surface area contributed by atoms with E-state index in [-0.39, 0.29) is 0 Å². The quantitative estimate of drug-likeness (QED) is 0.923. The minimum Gasteiger partial charge on any atom is -0.497 e. The van der Waals surface area contributed by atoms with Gasteiger partial charge < -0.3 is 10.1 Å². The molecule has 2 heterocycles. The van der Waals surface area contributed by atoms with Crippen LogP contribution >= 0.6 is 0 Å². The Morgan fingerprint density at radius 3 is 2.71 bits per heavy atom. The Morgan fingerprint density at radius 2 is 2.00 bits per heavy atom. The van der Waals surface area contributed by atoms with Gasteiger partial charge in [0, 0.05) is 12.1 Å². The first-order valence-corrected chi connectivity index (χ1v) is 8.51. The predicted molar refractivity (Wildman–Crippen MR) is 96.0 cm³/mol. The van der Waals surface area contributed by atoms with Crippen LogP contribution in [-0.4, -0.2) is 22.7 Å². The van der Waals surface area contributed by atoms with Crippen molar-refractivity contribution in [2.24, 2.45) is 10.9 Å². The molecule has 0 atom stereocenters. The Hall–Kier alpha value is -2.56. The third-order valence-electron chi connectivity index (χ3n) is 4.88. The topological polar surface area (TPSA) is 51.4 Å². The molecule has 0 saturated heterocycles. The fourth-order valence-electron chi connectivity index (χ4n) is 3.56. The van der Waals surface area contributed by atoms with Gasteiger partial charge in [-0.05, 0) is 30.2 Å². The molecule has 1 fully saturated rings. The van der Waals surface area contributed by atoms with E-state index in [1.165, 1.54) is 25.7 Å². The highest BCUT2D eigenvalue weighted by Gasteiger charge is 2.24. The Bertz CT molecular complexity index is 782. The number of nitrogens with one attached hydrogen (secondary N) is 1. The van der Waals surface area contributed by atoms with E-state index in [9.17, 15) is 0 Å². The average molecular weight is 322 g/mol. The zero-order valence-corrected chi connectivity index (χ0v) is 14.0. The van der Waals surface area contributed by atoms with Crippen LogP contribution < -0.4 is 10.1 Å². The molecule has 1 aromatic carbocycles. The number of ether oxygens (including phenoxy) is 1. The minimum atomic E-state index is 0.739. The summed E-state index contributed by atoms with van der Waals surface area (Å²) in [5, 5.41) is 7.87. The Kier molecular flexibility index (Phi) is 3.84. The molecule has 2 aliphatic rings. The summed E-state index contributed by atoms with van der Waals surface area (Å²) in [6.45, 7) is 4.15. The summed E-state index contributed by atoms with van der Waals surface area (Å²) >= 11 is 0. The molecule has 0 amide bonds. The molecule has 1 aliphatic heterocycles. The number of nitrogens with zero attached hydrogens (tertiary/aromatic N) is 3. The van der Waals surface area contributed by atoms with Gasteiger partial charge in [0.2, 0.25) is 0 Å². The number of hydrogen-bond donors (Lipinski definition) is 1. The van der Waals surface area contributed by atoms with Gasteiger partial charge in [0.15, 0.2) is 5.82 Å². The Labute approximate surface area is 142 Å². The summed E-state index contributed by atoms with van der Waals surface area (Å²) < 4.78 is 7.10. The monoisotopic (exact) mass is 322 g/mol. The normalized spacial score (nSPS) is 17.4. The number of hydrogen-bond acceptors (Lipinski definition) is 4. The highest BCUT2D eigenvalue weighted by molar-refractivity contribution is 5.97. The van der Waals surface area contributed by atoms with Gasteiger partial charge >= 0.3 is 0 Å². The van der Waals surface area contributed by atoms with Crippen LogP contribution in [0.2, 0.25) is 0 Å². The first kappa shape index (κ1) is 15.0. The minimum absolute atomic E-state index is 0.739. The zero-order chi connectivity index (χ0) is 16.5. The van der Waals surface area contributed by atoms with Gasteiger partial charge in [0.25, 0.3) is 0 Å². The number of rotatable bonds is 4. The van der Waals surface area contributed by atoms with Crippen molar-refractivity contribution in [1.82, 2.24) is 15.1 Å². The van der Waals surface area contributed by atoms with Crippen LogP contribution in [0.1, 0.15) is 37.7 Å². The number of aromatic nitrogens is 2. The number of fused-ring (bicyclic) bond motifs is 1. The van der Waals surface area contributed by atoms with Gasteiger partial charge in [0.05, 0.1) is 24.6 Å². The molecule has 1 aliphatic carbocycles. The summed E-state index contributed by atoms with van der Waals surface area (Å²) in [5.74, 6) is 3.44. The van der Waals surface area contributed by atoms with Gasteiger partial charge in [-0.1, -0.05) is 32.3 Å². The van der Waals surface area contributed by atoms with E-state index in [0.717, 1.165) is 46.7 Å². The lowest BCUT2D eigenvalue weighted by atomic mass is 10.0. The summed E-state index contributed by atoms with van der Waals surface area (Å²) in [4.78, 5) is 4.85. The molecular weight excluding hydrogens is 300 g/mol. The van der Waals surface area contributed by atoms with Crippen molar-refractivity contribution >= 4 is 17.4 Å². The van der Waals surface area contributed by atoms with E-state index in [4.69, 9.17) is 9.73 Å². The van der Waals surface area contributed by atoms with E-state index in [1.807, 2.05) is 35.1 Å². The molecule has 2 aromatic rings. The van der Waals surface area contributed by atoms with Crippen LogP contribution in [0.5, 0.6) is 5.75 Å². The van der Waals surface area contributed by atoms with Gasteiger partial charge in [-0.2, -0.15) is 5.10 Å². The van der Waals surface area contributed by atoms with E-state index in [1.54, 1.807) is 7.11 Å². The lowest BCUT2D eigenvalue weighted by molar-refractivity contribution is 0.414. The molecule has 1 saturated carbocycles. The molecule has 0 spiro atoms. The lowest BCUT2D eigenvalue weighted by Crippen LogP contribution is -2.26. The van der Waals surface area contributed by atoms with Crippen molar-refractivity contribution in [3.05, 3.63) is 42.6 Å². The maximum Gasteiger partial charge on any atom is 0.166 e. The summed E-state index contributed by atoms with van der Waals surface area (Å²) in [6, 6.07) is 7.84. The molecule has 5 nitrogen and oxygen atoms in total. The van der Waals surface area contributed by atoms with E-state index in [2.05, 4.69) is 17.0 Å². The molecule has 24 heavy (non-hydrogen) atoms. The van der Waals surface area contributed by atoms with Crippen LogP contribution in [0.3, 0.4) is 0 Å². The molecule has 5 heteroatoms. The maximum atomic E-state index is 5.23. The molecule has 1 aromatic heterocycles. The van der Waals surface area contributed by atoms with E-state index in [0.29, 0.717) is 0 Å². The van der Waals surface area contributed by atoms with Crippen molar-refractivity contribution in [3.8, 4) is 11.4 Å². The van der Waals surface area contributed by atoms with Gasteiger partial charge in [-0.25, -0.2) is 9.67 Å². The van der Waals surface area contributed by atoms with E-state index >= 15 is 0 Å². The Balaban J connectivity index is 1.67. The molecular formula is C19H22N4O. The molecule has 124 valence electrons. The van der Waals surface area contributed by atoms with Crippen LogP contribution in [0.25, 0.3) is 11.4 Å². The number of amidine groups is 1. The largest absolute Gasteiger partial charge is 0.497 e. The Morgan fingerprint density at radius 1 is 1.25 bits per heavy atom. The second-order valence-electron chi connectivity index (χ2n) is 6.51. The third kappa shape index (κ3) is 2.70. The second kappa shape index (κ2) is 6.15. The van der Waals surface area contributed by atoms with Crippen LogP contribution in [0.15, 0.2) is 42.0 Å². The molecule has 0 unspecified atom stereocenters. The summed E-state index contributed by atoms with van der Waals surface area (Å²) in [6.07, 6.45) is 8.11. The summed E-state index contributed by atoms with van der Waals surface area (Å²) in [7, 11) is 1.67. The van der Waals surface area contributed by atoms with Gasteiger partial charge in [0.1, 0.15) is 11.6 Å². The third-order valence-corrected chi connectivity index (χ3v) is 4.88. The van der Waals surface area contributed by atoms with Crippen molar-refractivity contribution in [2.75, 3.05) is 7.11 Å². The highest BCUT2D eigenvalue weighted by Crippen LogP contribution is 2.33. The van der Waals surface area contributed by atoms with Gasteiger partial charge in [-0.15, -0.1) is 0 Å². The fourth-order valence-corrected chi connectivity index (χ4v) is 3.56. The maximum absolute atomic E-state index is 5.23. The standard InChI is InChI=1S/C19H22N4O/c1-13-17-12-20-23(15-7-9-16(24-2)10-8-15)19(17)22-18(21-13)11-14-5-3-4-6-14/h7-10,12,14H,1,3-6,11H2,2H3,(H,21,22). The molecule has 1 N–H and O–H groups in total. The fraction of sp³-hybridized carbons (Fsp3) is 0.368. The highest BCUT2D eigenvalue weighted by atomic mass is 16.5. The van der Waals surface area contributed by atoms with E-state index < -0.39 is 0 Å². The van der Waals surface area contributed by atoms with Crippen LogP contribution in [-0.2, 0) is 0 Å². The van der Waals surface area contributed by atoms with Crippen LogP contribution in [0, 0.1) is 5.92 Å². The first-order chi connectivity index (χ1) is 11.7. The van der Waals surface area contributed by atoms with Crippen LogP contribution in [0.4, 0.5) is 5.82 Å².